The first-order chi connectivity index (χ1) is 9.82. The van der Waals surface area contributed by atoms with E-state index in [1.807, 2.05) is 0 Å². The lowest BCUT2D eigenvalue weighted by molar-refractivity contribution is -0.380. The van der Waals surface area contributed by atoms with Crippen LogP contribution >= 0.6 is 71.9 Å². The standard InChI is InChI=1S/C7H4N6O2S6/c14-13(15)2-1-8-3(19-2)6(17)11-12-7(18,21-6)4-9-10-5(16)20-4/h1,17-18H,(H,10,16). The molecular formula is C7H4N6O2S6. The summed E-state index contributed by atoms with van der Waals surface area (Å²) in [4.78, 5) is 14.2. The van der Waals surface area contributed by atoms with Crippen LogP contribution in [0.4, 0.5) is 5.00 Å². The molecule has 0 radical (unpaired) electrons. The van der Waals surface area contributed by atoms with Crippen LogP contribution in [-0.2, 0) is 8.41 Å². The van der Waals surface area contributed by atoms with Crippen LogP contribution in [0.3, 0.4) is 0 Å². The normalized spacial score (nSPS) is 28.1. The highest BCUT2D eigenvalue weighted by Crippen LogP contribution is 2.61. The first-order valence-electron chi connectivity index (χ1n) is 5.08. The van der Waals surface area contributed by atoms with Crippen molar-refractivity contribution in [2.45, 2.75) is 8.41 Å². The van der Waals surface area contributed by atoms with E-state index < -0.39 is 13.3 Å². The summed E-state index contributed by atoms with van der Waals surface area (Å²) in [6.45, 7) is 0. The molecule has 0 spiro atoms. The third-order valence-electron chi connectivity index (χ3n) is 2.27. The van der Waals surface area contributed by atoms with Crippen molar-refractivity contribution in [2.24, 2.45) is 10.2 Å². The van der Waals surface area contributed by atoms with Gasteiger partial charge >= 0.3 is 5.00 Å². The van der Waals surface area contributed by atoms with Crippen LogP contribution in [-0.4, -0.2) is 20.1 Å². The third-order valence-corrected chi connectivity index (χ3v) is 7.36. The molecule has 8 nitrogen and oxygen atoms in total. The Labute approximate surface area is 145 Å². The molecule has 21 heavy (non-hydrogen) atoms. The lowest BCUT2D eigenvalue weighted by atomic mass is 10.7. The Kier molecular flexibility index (Phi) is 3.86. The van der Waals surface area contributed by atoms with Crippen molar-refractivity contribution in [1.29, 1.82) is 0 Å². The Morgan fingerprint density at radius 1 is 1.29 bits per heavy atom. The molecule has 0 fully saturated rings. The van der Waals surface area contributed by atoms with Gasteiger partial charge in [0, 0.05) is 0 Å². The van der Waals surface area contributed by atoms with Crippen molar-refractivity contribution in [2.75, 3.05) is 0 Å². The molecule has 2 aromatic rings. The first kappa shape index (κ1) is 15.4. The number of nitrogens with zero attached hydrogens (tertiary/aromatic N) is 5. The number of aromatic amines is 1. The summed E-state index contributed by atoms with van der Waals surface area (Å²) in [5.41, 5.74) is 0. The molecule has 0 saturated carbocycles. The zero-order valence-corrected chi connectivity index (χ0v) is 14.7. The second-order valence-corrected chi connectivity index (χ2v) is 9.66. The number of thioether (sulfide) groups is 1. The second-order valence-electron chi connectivity index (χ2n) is 3.70. The van der Waals surface area contributed by atoms with Crippen molar-refractivity contribution >= 4 is 76.9 Å². The van der Waals surface area contributed by atoms with Gasteiger partial charge in [-0.15, -0.1) is 25.3 Å². The highest BCUT2D eigenvalue weighted by Gasteiger charge is 2.50. The number of hydrogen-bond acceptors (Lipinski definition) is 12. The number of aromatic nitrogens is 3. The summed E-state index contributed by atoms with van der Waals surface area (Å²) >= 11 is 17.2. The fourth-order valence-corrected chi connectivity index (χ4v) is 5.70. The van der Waals surface area contributed by atoms with Gasteiger partial charge in [0.2, 0.25) is 8.41 Å². The maximum atomic E-state index is 10.7. The van der Waals surface area contributed by atoms with Crippen molar-refractivity contribution in [3.63, 3.8) is 0 Å². The summed E-state index contributed by atoms with van der Waals surface area (Å²) in [6, 6.07) is 0. The van der Waals surface area contributed by atoms with Gasteiger partial charge in [-0.3, -0.25) is 15.2 Å². The van der Waals surface area contributed by atoms with E-state index in [0.717, 1.165) is 23.1 Å². The van der Waals surface area contributed by atoms with Crippen molar-refractivity contribution in [3.8, 4) is 0 Å². The summed E-state index contributed by atoms with van der Waals surface area (Å²) in [7, 11) is 0. The van der Waals surface area contributed by atoms with E-state index in [1.54, 1.807) is 0 Å². The van der Waals surface area contributed by atoms with Crippen LogP contribution < -0.4 is 0 Å². The number of thiol groups is 2. The van der Waals surface area contributed by atoms with Gasteiger partial charge in [0.1, 0.15) is 11.2 Å². The van der Waals surface area contributed by atoms with Gasteiger partial charge in [0.25, 0.3) is 0 Å². The number of nitrogens with one attached hydrogen (secondary N) is 1. The Morgan fingerprint density at radius 3 is 2.48 bits per heavy atom. The van der Waals surface area contributed by atoms with Gasteiger partial charge in [-0.2, -0.15) is 15.3 Å². The van der Waals surface area contributed by atoms with E-state index in [9.17, 15) is 10.1 Å². The highest BCUT2D eigenvalue weighted by atomic mass is 32.2. The molecule has 3 heterocycles. The number of rotatable bonds is 3. The minimum atomic E-state index is -1.14. The van der Waals surface area contributed by atoms with E-state index in [-0.39, 0.29) is 5.00 Å². The zero-order chi connectivity index (χ0) is 15.3. The molecule has 14 heteroatoms. The molecule has 110 valence electrons. The number of nitro groups is 1. The maximum absolute atomic E-state index is 10.7. The fraction of sp³-hybridized carbons (Fsp3) is 0.286. The predicted molar refractivity (Wildman–Crippen MR) is 89.8 cm³/mol. The number of hydrogen-bond donors (Lipinski definition) is 3. The minimum absolute atomic E-state index is 0.0821. The van der Waals surface area contributed by atoms with E-state index in [4.69, 9.17) is 12.2 Å². The zero-order valence-electron chi connectivity index (χ0n) is 9.66. The lowest BCUT2D eigenvalue weighted by Crippen LogP contribution is -2.14. The maximum Gasteiger partial charge on any atom is 0.344 e. The molecule has 0 aliphatic carbocycles. The van der Waals surface area contributed by atoms with Crippen LogP contribution in [0.15, 0.2) is 16.4 Å². The molecule has 0 aromatic carbocycles. The van der Waals surface area contributed by atoms with Crippen molar-refractivity contribution < 1.29 is 4.92 Å². The molecule has 1 N–H and O–H groups in total. The SMILES string of the molecule is O=[N+]([O-])c1cnc(C2(S)N=NC(S)(c3n[nH]c(=S)s3)S2)s1. The lowest BCUT2D eigenvalue weighted by Gasteiger charge is -2.19. The van der Waals surface area contributed by atoms with E-state index >= 15 is 0 Å². The Morgan fingerprint density at radius 2 is 1.95 bits per heavy atom. The molecule has 0 bridgehead atoms. The minimum Gasteiger partial charge on any atom is -0.258 e. The van der Waals surface area contributed by atoms with Crippen molar-refractivity contribution in [3.05, 3.63) is 30.3 Å². The average Bonchev–Trinajstić information content (AvgIpc) is 3.09. The third kappa shape index (κ3) is 2.75. The molecule has 0 saturated heterocycles. The molecule has 1 aliphatic rings. The highest BCUT2D eigenvalue weighted by molar-refractivity contribution is 8.18. The Balaban J connectivity index is 1.93. The van der Waals surface area contributed by atoms with Crippen LogP contribution in [0.1, 0.15) is 10.0 Å². The van der Waals surface area contributed by atoms with Crippen molar-refractivity contribution in [1.82, 2.24) is 15.2 Å². The molecule has 2 unspecified atom stereocenters. The van der Waals surface area contributed by atoms with Gasteiger partial charge in [-0.1, -0.05) is 23.1 Å². The first-order valence-corrected chi connectivity index (χ1v) is 8.83. The summed E-state index contributed by atoms with van der Waals surface area (Å²) in [6.07, 6.45) is 1.17. The number of H-pyrrole nitrogens is 1. The quantitative estimate of drug-likeness (QED) is 0.317. The predicted octanol–water partition coefficient (Wildman–Crippen LogP) is 3.54. The van der Waals surface area contributed by atoms with Gasteiger partial charge < -0.3 is 0 Å². The Hall–Kier alpha value is -0.540. The van der Waals surface area contributed by atoms with E-state index in [2.05, 4.69) is 50.7 Å². The van der Waals surface area contributed by atoms with Crippen LogP contribution in [0.25, 0.3) is 0 Å². The van der Waals surface area contributed by atoms with Crippen LogP contribution in [0.2, 0.25) is 0 Å². The summed E-state index contributed by atoms with van der Waals surface area (Å²) in [5, 5.41) is 26.4. The van der Waals surface area contributed by atoms with Gasteiger partial charge in [0.05, 0.1) is 4.92 Å². The summed E-state index contributed by atoms with van der Waals surface area (Å²) < 4.78 is -1.70. The molecule has 1 aliphatic heterocycles. The monoisotopic (exact) mass is 396 g/mol. The smallest absolute Gasteiger partial charge is 0.258 e. The van der Waals surface area contributed by atoms with Gasteiger partial charge in [-0.05, 0) is 23.6 Å². The van der Waals surface area contributed by atoms with Crippen LogP contribution in [0, 0.1) is 14.1 Å². The van der Waals surface area contributed by atoms with E-state index in [1.165, 1.54) is 17.5 Å². The topological polar surface area (TPSA) is 109 Å². The van der Waals surface area contributed by atoms with Gasteiger partial charge in [0.15, 0.2) is 8.96 Å². The van der Waals surface area contributed by atoms with Gasteiger partial charge in [-0.25, -0.2) is 4.98 Å². The molecule has 0 amide bonds. The summed E-state index contributed by atoms with van der Waals surface area (Å²) in [5.74, 6) is 0. The van der Waals surface area contributed by atoms with E-state index in [0.29, 0.717) is 14.0 Å². The molecule has 2 atom stereocenters. The molecule has 2 aromatic heterocycles. The average molecular weight is 397 g/mol. The number of azo groups is 1. The van der Waals surface area contributed by atoms with Crippen LogP contribution in [0.5, 0.6) is 0 Å². The fourth-order valence-electron chi connectivity index (χ4n) is 1.42. The Bertz CT molecular complexity index is 797. The number of thiazole rings is 1. The molecular weight excluding hydrogens is 393 g/mol. The molecule has 3 rings (SSSR count). The second kappa shape index (κ2) is 5.27. The largest absolute Gasteiger partial charge is 0.344 e.